The van der Waals surface area contributed by atoms with Gasteiger partial charge in [0.05, 0.1) is 6.54 Å². The highest BCUT2D eigenvalue weighted by molar-refractivity contribution is 5.94. The third-order valence-corrected chi connectivity index (χ3v) is 2.63. The van der Waals surface area contributed by atoms with Gasteiger partial charge in [0.1, 0.15) is 5.82 Å². The first-order chi connectivity index (χ1) is 7.77. The molecule has 0 fully saturated rings. The van der Waals surface area contributed by atoms with Crippen LogP contribution in [0.2, 0.25) is 0 Å². The molecule has 2 heterocycles. The second-order valence-corrected chi connectivity index (χ2v) is 3.82. The fourth-order valence-electron chi connectivity index (χ4n) is 1.73. The summed E-state index contributed by atoms with van der Waals surface area (Å²) in [4.78, 5) is 22.0. The molecular weight excluding hydrogens is 202 g/mol. The van der Waals surface area contributed by atoms with Gasteiger partial charge < -0.3 is 4.90 Å². The van der Waals surface area contributed by atoms with Crippen LogP contribution < -0.4 is 4.90 Å². The van der Waals surface area contributed by atoms with Crippen molar-refractivity contribution in [2.75, 3.05) is 24.5 Å². The molecule has 0 N–H and O–H groups in total. The van der Waals surface area contributed by atoms with E-state index in [1.807, 2.05) is 12.3 Å². The Balaban J connectivity index is 2.19. The van der Waals surface area contributed by atoms with Crippen molar-refractivity contribution in [1.82, 2.24) is 4.98 Å². The van der Waals surface area contributed by atoms with Crippen molar-refractivity contribution < 1.29 is 4.79 Å². The van der Waals surface area contributed by atoms with Gasteiger partial charge in [0.25, 0.3) is 0 Å². The number of ketones is 1. The molecule has 0 unspecified atom stereocenters. The van der Waals surface area contributed by atoms with E-state index >= 15 is 0 Å². The van der Waals surface area contributed by atoms with Crippen LogP contribution in [0.15, 0.2) is 23.3 Å². The molecule has 0 aliphatic carbocycles. The van der Waals surface area contributed by atoms with Gasteiger partial charge in [-0.1, -0.05) is 0 Å². The predicted molar refractivity (Wildman–Crippen MR) is 64.4 cm³/mol. The molecule has 1 aromatic heterocycles. The summed E-state index contributed by atoms with van der Waals surface area (Å²) in [5.41, 5.74) is 0.718. The van der Waals surface area contributed by atoms with Gasteiger partial charge in [-0.2, -0.15) is 0 Å². The molecule has 0 saturated carbocycles. The van der Waals surface area contributed by atoms with Gasteiger partial charge in [-0.3, -0.25) is 9.79 Å². The van der Waals surface area contributed by atoms with Crippen molar-refractivity contribution in [3.63, 3.8) is 0 Å². The lowest BCUT2D eigenvalue weighted by Gasteiger charge is -2.20. The zero-order valence-corrected chi connectivity index (χ0v) is 9.39. The number of nitrogens with zero attached hydrogens (tertiary/aromatic N) is 3. The van der Waals surface area contributed by atoms with Crippen LogP contribution >= 0.6 is 0 Å². The molecule has 84 valence electrons. The molecule has 0 saturated heterocycles. The van der Waals surface area contributed by atoms with Crippen molar-refractivity contribution in [3.05, 3.63) is 23.9 Å². The monoisotopic (exact) mass is 217 g/mol. The van der Waals surface area contributed by atoms with Crippen LogP contribution in [0.5, 0.6) is 0 Å². The zero-order valence-electron chi connectivity index (χ0n) is 9.39. The maximum Gasteiger partial charge on any atom is 0.159 e. The van der Waals surface area contributed by atoms with E-state index in [9.17, 15) is 4.79 Å². The van der Waals surface area contributed by atoms with E-state index < -0.39 is 0 Å². The van der Waals surface area contributed by atoms with Crippen molar-refractivity contribution in [2.45, 2.75) is 13.3 Å². The fraction of sp³-hybridized carbons (Fsp3) is 0.417. The Bertz CT molecular complexity index is 404. The van der Waals surface area contributed by atoms with Crippen molar-refractivity contribution in [2.24, 2.45) is 4.99 Å². The minimum absolute atomic E-state index is 0.0784. The number of carbonyl (C=O) groups excluding carboxylic acids is 1. The van der Waals surface area contributed by atoms with Crippen LogP contribution in [-0.2, 0) is 0 Å². The number of rotatable bonds is 2. The Morgan fingerprint density at radius 3 is 3.12 bits per heavy atom. The number of hydrogen-bond acceptors (Lipinski definition) is 4. The summed E-state index contributed by atoms with van der Waals surface area (Å²) in [6.45, 7) is 4.15. The lowest BCUT2D eigenvalue weighted by Crippen LogP contribution is -2.27. The Labute approximate surface area is 95.0 Å². The fourth-order valence-corrected chi connectivity index (χ4v) is 1.73. The van der Waals surface area contributed by atoms with E-state index in [-0.39, 0.29) is 5.78 Å². The molecule has 0 amide bonds. The zero-order chi connectivity index (χ0) is 11.4. The van der Waals surface area contributed by atoms with Crippen molar-refractivity contribution in [3.8, 4) is 0 Å². The smallest absolute Gasteiger partial charge is 0.159 e. The highest BCUT2D eigenvalue weighted by Gasteiger charge is 2.10. The number of Topliss-reactive ketones (excluding diaryl/α,β-unsaturated/α-hetero) is 1. The average molecular weight is 217 g/mol. The summed E-state index contributed by atoms with van der Waals surface area (Å²) in [5, 5.41) is 0. The van der Waals surface area contributed by atoms with E-state index in [0.717, 1.165) is 37.4 Å². The molecule has 0 aromatic carbocycles. The molecule has 4 heteroatoms. The SMILES string of the molecule is CC(=O)c1ccnc(N2CCC=NCC2)c1. The maximum absolute atomic E-state index is 11.3. The minimum Gasteiger partial charge on any atom is -0.354 e. The molecule has 1 aliphatic rings. The molecule has 1 aromatic rings. The van der Waals surface area contributed by atoms with Gasteiger partial charge in [0, 0.05) is 31.1 Å². The predicted octanol–water partition coefficient (Wildman–Crippen LogP) is 1.57. The third kappa shape index (κ3) is 2.45. The van der Waals surface area contributed by atoms with Crippen LogP contribution in [-0.4, -0.2) is 36.6 Å². The molecule has 2 rings (SSSR count). The highest BCUT2D eigenvalue weighted by atomic mass is 16.1. The lowest BCUT2D eigenvalue weighted by atomic mass is 10.2. The summed E-state index contributed by atoms with van der Waals surface area (Å²) in [6, 6.07) is 3.60. The van der Waals surface area contributed by atoms with Gasteiger partial charge in [-0.15, -0.1) is 0 Å². The first kappa shape index (κ1) is 10.8. The van der Waals surface area contributed by atoms with Crippen LogP contribution in [0, 0.1) is 0 Å². The molecule has 0 bridgehead atoms. The molecule has 16 heavy (non-hydrogen) atoms. The molecule has 0 radical (unpaired) electrons. The van der Waals surface area contributed by atoms with Crippen molar-refractivity contribution in [1.29, 1.82) is 0 Å². The number of carbonyl (C=O) groups is 1. The van der Waals surface area contributed by atoms with Gasteiger partial charge in [0.15, 0.2) is 5.78 Å². The van der Waals surface area contributed by atoms with E-state index in [4.69, 9.17) is 0 Å². The van der Waals surface area contributed by atoms with Gasteiger partial charge >= 0.3 is 0 Å². The first-order valence-corrected chi connectivity index (χ1v) is 5.47. The molecule has 0 spiro atoms. The largest absolute Gasteiger partial charge is 0.354 e. The first-order valence-electron chi connectivity index (χ1n) is 5.47. The lowest BCUT2D eigenvalue weighted by molar-refractivity contribution is 0.101. The van der Waals surface area contributed by atoms with Gasteiger partial charge in [0.2, 0.25) is 0 Å². The second kappa shape index (κ2) is 4.88. The van der Waals surface area contributed by atoms with E-state index in [2.05, 4.69) is 14.9 Å². The van der Waals surface area contributed by atoms with E-state index in [0.29, 0.717) is 0 Å². The maximum atomic E-state index is 11.3. The normalized spacial score (nSPS) is 15.9. The number of aliphatic imine (C=N–C) groups is 1. The summed E-state index contributed by atoms with van der Waals surface area (Å²) in [7, 11) is 0. The average Bonchev–Trinajstić information content (AvgIpc) is 2.57. The Morgan fingerprint density at radius 2 is 2.31 bits per heavy atom. The third-order valence-electron chi connectivity index (χ3n) is 2.63. The summed E-state index contributed by atoms with van der Waals surface area (Å²) >= 11 is 0. The number of pyridine rings is 1. The molecular formula is C12H15N3O. The van der Waals surface area contributed by atoms with Crippen LogP contribution in [0.4, 0.5) is 5.82 Å². The number of anilines is 1. The van der Waals surface area contributed by atoms with Crippen LogP contribution in [0.25, 0.3) is 0 Å². The summed E-state index contributed by atoms with van der Waals surface area (Å²) in [5.74, 6) is 0.952. The van der Waals surface area contributed by atoms with Crippen molar-refractivity contribution >= 4 is 17.8 Å². The standard InChI is InChI=1S/C12H15N3O/c1-10(16)11-3-5-14-12(9-11)15-7-2-4-13-6-8-15/h3-5,9H,2,6-8H2,1H3. The number of aromatic nitrogens is 1. The van der Waals surface area contributed by atoms with E-state index in [1.165, 1.54) is 0 Å². The van der Waals surface area contributed by atoms with Gasteiger partial charge in [-0.25, -0.2) is 4.98 Å². The highest BCUT2D eigenvalue weighted by Crippen LogP contribution is 2.14. The van der Waals surface area contributed by atoms with E-state index in [1.54, 1.807) is 19.2 Å². The minimum atomic E-state index is 0.0784. The summed E-state index contributed by atoms with van der Waals surface area (Å²) < 4.78 is 0. The quantitative estimate of drug-likeness (QED) is 0.706. The van der Waals surface area contributed by atoms with Crippen LogP contribution in [0.1, 0.15) is 23.7 Å². The Hall–Kier alpha value is -1.71. The van der Waals surface area contributed by atoms with Crippen LogP contribution in [0.3, 0.4) is 0 Å². The number of hydrogen-bond donors (Lipinski definition) is 0. The Morgan fingerprint density at radius 1 is 1.44 bits per heavy atom. The Kier molecular flexibility index (Phi) is 3.29. The molecule has 1 aliphatic heterocycles. The second-order valence-electron chi connectivity index (χ2n) is 3.82. The topological polar surface area (TPSA) is 45.6 Å². The summed E-state index contributed by atoms with van der Waals surface area (Å²) in [6.07, 6.45) is 4.58. The molecule has 4 nitrogen and oxygen atoms in total. The molecule has 0 atom stereocenters. The van der Waals surface area contributed by atoms with Gasteiger partial charge in [-0.05, 0) is 25.5 Å².